The second-order valence-corrected chi connectivity index (χ2v) is 10.8. The van der Waals surface area contributed by atoms with Crippen LogP contribution in [0, 0.1) is 11.8 Å². The zero-order chi connectivity index (χ0) is 26.1. The molecule has 4 heterocycles. The first-order valence-electron chi connectivity index (χ1n) is 12.0. The maximum atomic E-state index is 13.4. The second kappa shape index (κ2) is 10.8. The second-order valence-electron chi connectivity index (χ2n) is 8.97. The van der Waals surface area contributed by atoms with Crippen molar-refractivity contribution < 1.29 is 33.7 Å². The summed E-state index contributed by atoms with van der Waals surface area (Å²) in [5.41, 5.74) is 0.779. The number of aromatic nitrogens is 2. The third kappa shape index (κ3) is 4.73. The predicted molar refractivity (Wildman–Crippen MR) is 134 cm³/mol. The maximum absolute atomic E-state index is 13.4. The van der Waals surface area contributed by atoms with Crippen LogP contribution >= 0.6 is 23.1 Å². The zero-order valence-corrected chi connectivity index (χ0v) is 22.6. The highest BCUT2D eigenvalue weighted by atomic mass is 32.2. The van der Waals surface area contributed by atoms with Crippen LogP contribution in [0.15, 0.2) is 23.2 Å². The third-order valence-corrected chi connectivity index (χ3v) is 8.46. The van der Waals surface area contributed by atoms with Gasteiger partial charge in [0, 0.05) is 24.6 Å². The van der Waals surface area contributed by atoms with E-state index < -0.39 is 30.4 Å². The fourth-order valence-corrected chi connectivity index (χ4v) is 6.75. The number of esters is 1. The average molecular weight is 538 g/mol. The van der Waals surface area contributed by atoms with Crippen molar-refractivity contribution in [3.05, 3.63) is 23.1 Å². The molecule has 196 valence electrons. The van der Waals surface area contributed by atoms with Crippen molar-refractivity contribution in [2.45, 2.75) is 70.4 Å². The number of thioether (sulfide) groups is 1. The number of hydrogen-bond donors (Lipinski definition) is 1. The molecule has 2 aliphatic rings. The lowest BCUT2D eigenvalue weighted by Crippen LogP contribution is -2.63. The van der Waals surface area contributed by atoms with E-state index in [4.69, 9.17) is 14.2 Å². The van der Waals surface area contributed by atoms with Gasteiger partial charge < -0.3 is 24.2 Å². The molecule has 2 aromatic rings. The molecule has 1 saturated heterocycles. The van der Waals surface area contributed by atoms with Gasteiger partial charge in [0.2, 0.25) is 12.2 Å². The summed E-state index contributed by atoms with van der Waals surface area (Å²) in [4.78, 5) is 45.8. The van der Waals surface area contributed by atoms with Gasteiger partial charge in [-0.15, -0.1) is 23.1 Å². The number of rotatable bonds is 10. The van der Waals surface area contributed by atoms with Crippen molar-refractivity contribution in [3.8, 4) is 0 Å². The fraction of sp³-hybridized carbons (Fsp3) is 0.583. The Morgan fingerprint density at radius 2 is 2.03 bits per heavy atom. The molecule has 0 aromatic carbocycles. The van der Waals surface area contributed by atoms with E-state index in [1.807, 2.05) is 30.7 Å². The number of imidazole rings is 1. The van der Waals surface area contributed by atoms with Crippen molar-refractivity contribution in [1.82, 2.24) is 14.3 Å². The molecule has 1 amide bonds. The first-order chi connectivity index (χ1) is 17.2. The van der Waals surface area contributed by atoms with E-state index in [0.717, 1.165) is 34.0 Å². The third-order valence-electron chi connectivity index (χ3n) is 6.51. The van der Waals surface area contributed by atoms with Crippen LogP contribution in [0.4, 0.5) is 4.79 Å². The molecular weight excluding hydrogens is 506 g/mol. The van der Waals surface area contributed by atoms with Crippen LogP contribution < -0.4 is 0 Å². The van der Waals surface area contributed by atoms with Crippen LogP contribution in [0.25, 0.3) is 10.4 Å². The lowest BCUT2D eigenvalue weighted by atomic mass is 9.77. The molecule has 2 aromatic heterocycles. The molecule has 1 fully saturated rings. The normalized spacial score (nSPS) is 22.9. The maximum Gasteiger partial charge on any atom is 0.511 e. The summed E-state index contributed by atoms with van der Waals surface area (Å²) >= 11 is 2.99. The Hall–Kier alpha value is -2.57. The monoisotopic (exact) mass is 537 g/mol. The molecule has 10 nitrogen and oxygen atoms in total. The smallest absolute Gasteiger partial charge is 0.434 e. The lowest BCUT2D eigenvalue weighted by Gasteiger charge is -2.46. The van der Waals surface area contributed by atoms with Crippen molar-refractivity contribution in [3.63, 3.8) is 0 Å². The van der Waals surface area contributed by atoms with Gasteiger partial charge in [-0.2, -0.15) is 0 Å². The van der Waals surface area contributed by atoms with Gasteiger partial charge in [-0.3, -0.25) is 9.20 Å². The number of unbranched alkanes of at least 4 members (excludes halogenated alkanes) is 2. The molecule has 1 N–H and O–H groups in total. The van der Waals surface area contributed by atoms with Gasteiger partial charge >= 0.3 is 12.1 Å². The number of aliphatic hydroxyl groups excluding tert-OH is 1. The van der Waals surface area contributed by atoms with Crippen LogP contribution in [0.2, 0.25) is 0 Å². The Kier molecular flexibility index (Phi) is 7.96. The van der Waals surface area contributed by atoms with E-state index in [0.29, 0.717) is 5.57 Å². The summed E-state index contributed by atoms with van der Waals surface area (Å²) in [5, 5.41) is 11.1. The largest absolute Gasteiger partial charge is 0.511 e. The number of nitrogens with zero attached hydrogens (tertiary/aromatic N) is 3. The summed E-state index contributed by atoms with van der Waals surface area (Å²) < 4.78 is 17.4. The van der Waals surface area contributed by atoms with E-state index in [9.17, 15) is 19.5 Å². The molecule has 0 saturated carbocycles. The summed E-state index contributed by atoms with van der Waals surface area (Å²) in [5.74, 6) is -1.94. The number of aliphatic hydroxyl groups is 1. The summed E-state index contributed by atoms with van der Waals surface area (Å²) in [6.45, 7) is 7.20. The van der Waals surface area contributed by atoms with Gasteiger partial charge in [0.25, 0.3) is 0 Å². The molecule has 4 rings (SSSR count). The molecule has 0 bridgehead atoms. The minimum atomic E-state index is -1.21. The topological polar surface area (TPSA) is 120 Å². The van der Waals surface area contributed by atoms with Gasteiger partial charge in [0.05, 0.1) is 29.5 Å². The Morgan fingerprint density at radius 1 is 1.28 bits per heavy atom. The molecule has 2 aliphatic heterocycles. The Morgan fingerprint density at radius 3 is 2.69 bits per heavy atom. The van der Waals surface area contributed by atoms with Crippen LogP contribution in [0.3, 0.4) is 0 Å². The first kappa shape index (κ1) is 26.5. The van der Waals surface area contributed by atoms with Gasteiger partial charge in [0.15, 0.2) is 0 Å². The van der Waals surface area contributed by atoms with Gasteiger partial charge in [-0.1, -0.05) is 26.7 Å². The highest BCUT2D eigenvalue weighted by Gasteiger charge is 2.60. The van der Waals surface area contributed by atoms with E-state index in [1.54, 1.807) is 13.3 Å². The molecule has 36 heavy (non-hydrogen) atoms. The number of β-lactam (4-membered cyclic amide) rings is 1. The molecule has 0 radical (unpaired) electrons. The van der Waals surface area contributed by atoms with E-state index >= 15 is 0 Å². The Bertz CT molecular complexity index is 1190. The number of carbonyl (C=O) groups excluding carboxylic acids is 3. The molecule has 1 unspecified atom stereocenters. The molecule has 0 aliphatic carbocycles. The summed E-state index contributed by atoms with van der Waals surface area (Å²) in [7, 11) is 0. The minimum Gasteiger partial charge on any atom is -0.434 e. The number of amides is 1. The Labute approximate surface area is 217 Å². The van der Waals surface area contributed by atoms with Gasteiger partial charge in [0.1, 0.15) is 21.9 Å². The predicted octanol–water partition coefficient (Wildman–Crippen LogP) is 3.92. The number of ether oxygens (including phenoxy) is 3. The number of hydrogen-bond acceptors (Lipinski definition) is 10. The lowest BCUT2D eigenvalue weighted by molar-refractivity contribution is -0.173. The van der Waals surface area contributed by atoms with Gasteiger partial charge in [-0.05, 0) is 19.6 Å². The van der Waals surface area contributed by atoms with Crippen molar-refractivity contribution >= 4 is 51.5 Å². The molecule has 5 atom stereocenters. The standard InChI is InChI=1S/C24H31N3O7S2/c1-6-7-8-9-32-24(31)34-14(4)33-23(30)19-16(12(2)18-17(13(3)28)21(29)27(18)19)15-10-26-11-25-20(35-5)22(26)36-15/h10-14,17-18,28H,6-9H2,1-5H3/t12-,13+,14?,17+,18+/m0/s1. The van der Waals surface area contributed by atoms with Crippen LogP contribution in [0.1, 0.15) is 51.8 Å². The number of carbonyl (C=O) groups is 3. The summed E-state index contributed by atoms with van der Waals surface area (Å²) in [6.07, 6.45) is 5.19. The van der Waals surface area contributed by atoms with Crippen molar-refractivity contribution in [2.24, 2.45) is 11.8 Å². The van der Waals surface area contributed by atoms with Gasteiger partial charge in [-0.25, -0.2) is 14.6 Å². The molecule has 12 heteroatoms. The Balaban J connectivity index is 1.59. The van der Waals surface area contributed by atoms with Crippen molar-refractivity contribution in [1.29, 1.82) is 0 Å². The minimum absolute atomic E-state index is 0.115. The SMILES string of the molecule is CCCCCOC(=O)OC(C)OC(=O)C1=C(c2cn3cnc(SC)c3s2)[C@H](C)[C@@H]2[C@@H]([C@@H](C)O)C(=O)N12. The molecule has 0 spiro atoms. The highest BCUT2D eigenvalue weighted by Crippen LogP contribution is 2.52. The summed E-state index contributed by atoms with van der Waals surface area (Å²) in [6, 6.07) is -0.366. The number of thiazole rings is 1. The van der Waals surface area contributed by atoms with Crippen LogP contribution in [0.5, 0.6) is 0 Å². The van der Waals surface area contributed by atoms with E-state index in [1.165, 1.54) is 34.9 Å². The average Bonchev–Trinajstić information content (AvgIpc) is 3.46. The quantitative estimate of drug-likeness (QED) is 0.158. The van der Waals surface area contributed by atoms with Crippen molar-refractivity contribution in [2.75, 3.05) is 12.9 Å². The highest BCUT2D eigenvalue weighted by molar-refractivity contribution is 7.98. The van der Waals surface area contributed by atoms with E-state index in [2.05, 4.69) is 4.98 Å². The zero-order valence-electron chi connectivity index (χ0n) is 20.9. The number of fused-ring (bicyclic) bond motifs is 2. The fourth-order valence-electron chi connectivity index (χ4n) is 4.83. The van der Waals surface area contributed by atoms with Crippen LogP contribution in [-0.2, 0) is 23.8 Å². The van der Waals surface area contributed by atoms with E-state index in [-0.39, 0.29) is 30.2 Å². The van der Waals surface area contributed by atoms with Crippen LogP contribution in [-0.4, -0.2) is 68.7 Å². The first-order valence-corrected chi connectivity index (χ1v) is 14.0. The molecular formula is C24H31N3O7S2.